The zero-order valence-electron chi connectivity index (χ0n) is 31.5. The van der Waals surface area contributed by atoms with E-state index in [-0.39, 0.29) is 43.9 Å². The Balaban J connectivity index is -0.000000684. The van der Waals surface area contributed by atoms with E-state index >= 15 is 0 Å². The highest BCUT2D eigenvalue weighted by Crippen LogP contribution is 2.27. The van der Waals surface area contributed by atoms with Crippen molar-refractivity contribution < 1.29 is 24.1 Å². The van der Waals surface area contributed by atoms with Crippen LogP contribution in [-0.2, 0) is 6.42 Å². The minimum atomic E-state index is -0.545. The van der Waals surface area contributed by atoms with Gasteiger partial charge in [0.2, 0.25) is 5.88 Å². The topological polar surface area (TPSA) is 227 Å². The fraction of sp³-hybridized carbons (Fsp3) is 0.444. The fourth-order valence-electron chi connectivity index (χ4n) is 3.58. The van der Waals surface area contributed by atoms with Crippen LogP contribution in [0.1, 0.15) is 32.4 Å². The van der Waals surface area contributed by atoms with Gasteiger partial charge in [-0.05, 0) is 89.2 Å². The molecular weight excluding hydrogens is 778 g/mol. The van der Waals surface area contributed by atoms with Crippen LogP contribution in [-0.4, -0.2) is 129 Å². The Labute approximate surface area is 333 Å². The Hall–Kier alpha value is -5.60. The largest absolute Gasteiger partial charge is 0.479 e. The predicted octanol–water partition coefficient (Wildman–Crippen LogP) is 4.62. The number of aliphatic imine (C=N–C) groups is 1. The number of methoxy groups -OCH3 is 3. The van der Waals surface area contributed by atoms with E-state index in [2.05, 4.69) is 77.4 Å². The number of hydrogen-bond donors (Lipinski definition) is 2. The molecule has 3 aromatic rings. The van der Waals surface area contributed by atoms with Crippen LogP contribution in [0.25, 0.3) is 0 Å². The van der Waals surface area contributed by atoms with E-state index in [1.54, 1.807) is 13.3 Å². The van der Waals surface area contributed by atoms with Crippen molar-refractivity contribution in [2.45, 2.75) is 27.7 Å². The van der Waals surface area contributed by atoms with Gasteiger partial charge in [0.05, 0.1) is 49.8 Å². The van der Waals surface area contributed by atoms with Crippen molar-refractivity contribution in [1.82, 2.24) is 29.7 Å². The zero-order chi connectivity index (χ0) is 40.5. The van der Waals surface area contributed by atoms with Crippen molar-refractivity contribution >= 4 is 39.0 Å². The average Bonchev–Trinajstić information content (AvgIpc) is 3.08. The van der Waals surface area contributed by atoms with E-state index in [1.165, 1.54) is 38.7 Å². The van der Waals surface area contributed by atoms with Crippen LogP contribution in [0.5, 0.6) is 17.6 Å². The summed E-state index contributed by atoms with van der Waals surface area (Å²) < 4.78 is 15.1. The Morgan fingerprint density at radius 1 is 0.818 bits per heavy atom. The Kier molecular flexibility index (Phi) is 29.1. The van der Waals surface area contributed by atoms with Crippen molar-refractivity contribution in [2.75, 3.05) is 83.2 Å². The van der Waals surface area contributed by atoms with Gasteiger partial charge in [-0.3, -0.25) is 30.0 Å². The molecule has 0 amide bonds. The molecule has 55 heavy (non-hydrogen) atoms. The predicted molar refractivity (Wildman–Crippen MR) is 222 cm³/mol. The summed E-state index contributed by atoms with van der Waals surface area (Å²) in [5.41, 5.74) is 12.6. The lowest BCUT2D eigenvalue weighted by molar-refractivity contribution is -0.386. The van der Waals surface area contributed by atoms with Crippen LogP contribution in [0.15, 0.2) is 46.3 Å². The van der Waals surface area contributed by atoms with Gasteiger partial charge in [0.1, 0.15) is 5.69 Å². The highest BCUT2D eigenvalue weighted by atomic mass is 79.9. The maximum Gasteiger partial charge on any atom is 0.332 e. The van der Waals surface area contributed by atoms with Gasteiger partial charge in [-0.15, -0.1) is 6.42 Å². The van der Waals surface area contributed by atoms with E-state index in [4.69, 9.17) is 27.4 Å². The van der Waals surface area contributed by atoms with Gasteiger partial charge in [0.15, 0.2) is 5.96 Å². The number of guanidine groups is 1. The van der Waals surface area contributed by atoms with Gasteiger partial charge in [0, 0.05) is 35.2 Å². The molecule has 0 spiro atoms. The molecule has 18 nitrogen and oxygen atoms in total. The van der Waals surface area contributed by atoms with E-state index in [0.717, 1.165) is 31.5 Å². The summed E-state index contributed by atoms with van der Waals surface area (Å²) >= 11 is 3.07. The molecule has 304 valence electrons. The molecule has 0 saturated heterocycles. The van der Waals surface area contributed by atoms with Crippen LogP contribution >= 0.6 is 15.9 Å². The first-order chi connectivity index (χ1) is 25.0. The summed E-state index contributed by atoms with van der Waals surface area (Å²) in [6.45, 7) is 2.35. The van der Waals surface area contributed by atoms with Crippen LogP contribution in [0, 0.1) is 44.4 Å². The smallest absolute Gasteiger partial charge is 0.332 e. The first kappa shape index (κ1) is 53.8. The summed E-state index contributed by atoms with van der Waals surface area (Å²) in [5.74, 6) is 8.62. The molecule has 0 radical (unpaired) electrons. The molecule has 0 saturated carbocycles. The molecule has 0 unspecified atom stereocenters. The number of nitro groups is 2. The molecule has 4 N–H and O–H groups in total. The average molecular weight is 835 g/mol. The summed E-state index contributed by atoms with van der Waals surface area (Å²) in [6, 6.07) is 4.60. The molecule has 0 bridgehead atoms. The quantitative estimate of drug-likeness (QED) is 0.0835. The van der Waals surface area contributed by atoms with Gasteiger partial charge in [-0.1, -0.05) is 32.6 Å². The van der Waals surface area contributed by atoms with Crippen molar-refractivity contribution in [3.63, 3.8) is 0 Å². The molecule has 3 aromatic heterocycles. The highest BCUT2D eigenvalue weighted by Gasteiger charge is 2.17. The second kappa shape index (κ2) is 29.8. The Morgan fingerprint density at radius 2 is 1.33 bits per heavy atom. The maximum absolute atomic E-state index is 10.7. The number of rotatable bonds is 12. The molecule has 3 rings (SSSR count). The summed E-state index contributed by atoms with van der Waals surface area (Å²) in [4.78, 5) is 41.8. The minimum Gasteiger partial charge on any atom is -0.479 e. The second-order valence-electron chi connectivity index (χ2n) is 11.2. The number of ether oxygens (including phenoxy) is 3. The minimum absolute atomic E-state index is 0. The van der Waals surface area contributed by atoms with E-state index in [9.17, 15) is 20.2 Å². The summed E-state index contributed by atoms with van der Waals surface area (Å²) in [5, 5.41) is 21.1. The molecular formula is C36H56BrN11O7. The van der Waals surface area contributed by atoms with Crippen LogP contribution in [0.3, 0.4) is 0 Å². The number of nitrogens with two attached hydrogens (primary N) is 2. The molecule has 0 aliphatic carbocycles. The van der Waals surface area contributed by atoms with Crippen molar-refractivity contribution in [3.8, 4) is 41.8 Å². The molecule has 0 fully saturated rings. The molecule has 0 aliphatic rings. The third-order valence-electron chi connectivity index (χ3n) is 5.85. The number of terminal acetylenes is 1. The first-order valence-corrected chi connectivity index (χ1v) is 16.3. The van der Waals surface area contributed by atoms with Crippen molar-refractivity contribution in [1.29, 1.82) is 0 Å². The van der Waals surface area contributed by atoms with Gasteiger partial charge in [-0.2, -0.15) is 0 Å². The SMILES string of the molecule is C.C.C#CCN(C)C.COc1ncc(Br)cc1[N+](=O)[O-].COc1ncc(C#CCN(C)C)cc1[N+](=O)[O-].COc1ncc(CCCN(C)C)cc1N=C(N)N. The normalized spacial score (nSPS) is 9.38. The van der Waals surface area contributed by atoms with Gasteiger partial charge in [-0.25, -0.2) is 19.9 Å². The van der Waals surface area contributed by atoms with Crippen molar-refractivity contribution in [3.05, 3.63) is 72.6 Å². The fourth-order valence-corrected chi connectivity index (χ4v) is 3.90. The van der Waals surface area contributed by atoms with Gasteiger partial charge in [0.25, 0.3) is 11.8 Å². The second-order valence-corrected chi connectivity index (χ2v) is 12.2. The standard InChI is InChI=1S/C12H21N5O.C11H13N3O3.C6H5BrN2O3.C5H9N.2CH4/c1-17(2)6-4-5-9-7-10(16-12(13)14)11(18-3)15-8-9;1-13(2)6-4-5-9-7-10(14(15)16)11(17-3)12-8-9;1-12-6-5(9(10)11)2-4(7)3-8-6;1-4-5-6(2)3;;/h7-8H,4-6H2,1-3H3,(H4,13,14,16);7-8H,6H2,1-3H3;2-3H,1H3;1H,5H2,2-3H3;2*1H4. The third-order valence-corrected chi connectivity index (χ3v) is 6.28. The lowest BCUT2D eigenvalue weighted by Gasteiger charge is -2.10. The number of aryl methyl sites for hydroxylation is 1. The van der Waals surface area contributed by atoms with Crippen molar-refractivity contribution in [2.24, 2.45) is 16.5 Å². The van der Waals surface area contributed by atoms with E-state index in [0.29, 0.717) is 28.1 Å². The monoisotopic (exact) mass is 833 g/mol. The molecule has 0 atom stereocenters. The molecule has 0 aromatic carbocycles. The summed E-state index contributed by atoms with van der Waals surface area (Å²) in [6.07, 6.45) is 11.6. The number of aromatic nitrogens is 3. The Morgan fingerprint density at radius 3 is 1.76 bits per heavy atom. The molecule has 3 heterocycles. The molecule has 19 heteroatoms. The van der Waals surface area contributed by atoms with E-state index in [1.807, 2.05) is 44.1 Å². The molecule has 0 aliphatic heterocycles. The number of pyridine rings is 3. The summed E-state index contributed by atoms with van der Waals surface area (Å²) in [7, 11) is 16.0. The highest BCUT2D eigenvalue weighted by molar-refractivity contribution is 9.10. The maximum atomic E-state index is 10.7. The van der Waals surface area contributed by atoms with Gasteiger partial charge < -0.3 is 30.6 Å². The lowest BCUT2D eigenvalue weighted by Crippen LogP contribution is -2.22. The van der Waals surface area contributed by atoms with Crippen LogP contribution < -0.4 is 25.7 Å². The number of nitrogens with zero attached hydrogens (tertiary/aromatic N) is 9. The number of halogens is 1. The van der Waals surface area contributed by atoms with E-state index < -0.39 is 9.85 Å². The number of hydrogen-bond acceptors (Lipinski definition) is 14. The van der Waals surface area contributed by atoms with Crippen LogP contribution in [0.4, 0.5) is 17.1 Å². The van der Waals surface area contributed by atoms with Gasteiger partial charge >= 0.3 is 11.4 Å². The van der Waals surface area contributed by atoms with Crippen LogP contribution in [0.2, 0.25) is 0 Å². The lowest BCUT2D eigenvalue weighted by atomic mass is 10.1. The first-order valence-electron chi connectivity index (χ1n) is 15.5. The third kappa shape index (κ3) is 23.6. The zero-order valence-corrected chi connectivity index (χ0v) is 33.1. The Bertz CT molecular complexity index is 1740.